The van der Waals surface area contributed by atoms with Crippen molar-refractivity contribution in [2.45, 2.75) is 51.6 Å². The van der Waals surface area contributed by atoms with Gasteiger partial charge in [-0.3, -0.25) is 9.59 Å². The molecular weight excluding hydrogens is 490 g/mol. The Morgan fingerprint density at radius 3 is 2.70 bits per heavy atom. The van der Waals surface area contributed by atoms with E-state index in [0.29, 0.717) is 35.1 Å². The first-order valence-corrected chi connectivity index (χ1v) is 13.3. The predicted octanol–water partition coefficient (Wildman–Crippen LogP) is 5.18. The number of allylic oxidation sites excluding steroid dienone is 3. The lowest BCUT2D eigenvalue weighted by Gasteiger charge is -2.36. The lowest BCUT2D eigenvalue weighted by molar-refractivity contribution is -0.141. The second-order valence-corrected chi connectivity index (χ2v) is 10.6. The largest absolute Gasteiger partial charge is 0.464 e. The van der Waals surface area contributed by atoms with Gasteiger partial charge >= 0.3 is 5.97 Å². The number of ketones is 1. The van der Waals surface area contributed by atoms with E-state index in [2.05, 4.69) is 5.32 Å². The lowest BCUT2D eigenvalue weighted by atomic mass is 9.73. The van der Waals surface area contributed by atoms with Gasteiger partial charge in [-0.2, -0.15) is 0 Å². The number of hydrogen-bond donors (Lipinski definition) is 1. The van der Waals surface area contributed by atoms with E-state index in [0.717, 1.165) is 10.6 Å². The van der Waals surface area contributed by atoms with Crippen LogP contribution in [0.4, 0.5) is 0 Å². The first-order valence-electron chi connectivity index (χ1n) is 12.4. The van der Waals surface area contributed by atoms with E-state index in [1.54, 1.807) is 42.5 Å². The number of ether oxygens (including phenoxy) is 2. The zero-order valence-corrected chi connectivity index (χ0v) is 21.9. The molecule has 0 amide bonds. The van der Waals surface area contributed by atoms with Crippen molar-refractivity contribution in [3.05, 3.63) is 91.2 Å². The van der Waals surface area contributed by atoms with Gasteiger partial charge in [-0.05, 0) is 50.8 Å². The first-order chi connectivity index (χ1) is 17.8. The molecule has 37 heavy (non-hydrogen) atoms. The summed E-state index contributed by atoms with van der Waals surface area (Å²) in [4.78, 5) is 41.9. The molecule has 3 heterocycles. The highest BCUT2D eigenvalue weighted by molar-refractivity contribution is 7.10. The summed E-state index contributed by atoms with van der Waals surface area (Å²) in [5.41, 5.74) is 2.41. The van der Waals surface area contributed by atoms with Crippen LogP contribution in [0.5, 0.6) is 0 Å². The Morgan fingerprint density at radius 1 is 1.14 bits per heavy atom. The second kappa shape index (κ2) is 10.5. The maximum atomic E-state index is 13.7. The molecule has 1 aliphatic carbocycles. The van der Waals surface area contributed by atoms with Crippen molar-refractivity contribution in [3.63, 3.8) is 0 Å². The topological polar surface area (TPSA) is 94.8 Å². The summed E-state index contributed by atoms with van der Waals surface area (Å²) in [6, 6.07) is 11.0. The number of fused-ring (bicyclic) bond motifs is 1. The molecule has 0 fully saturated rings. The second-order valence-electron chi connectivity index (χ2n) is 9.60. The Labute approximate surface area is 218 Å². The van der Waals surface area contributed by atoms with Crippen LogP contribution < -0.4 is 10.7 Å². The monoisotopic (exact) mass is 519 g/mol. The van der Waals surface area contributed by atoms with Crippen LogP contribution in [0.3, 0.4) is 0 Å². The van der Waals surface area contributed by atoms with Crippen LogP contribution in [0.1, 0.15) is 55.9 Å². The van der Waals surface area contributed by atoms with Gasteiger partial charge in [0.15, 0.2) is 11.2 Å². The number of para-hydroxylation sites is 1. The van der Waals surface area contributed by atoms with E-state index in [1.165, 1.54) is 6.26 Å². The molecule has 0 saturated carbocycles. The van der Waals surface area contributed by atoms with Crippen LogP contribution in [0.15, 0.2) is 79.8 Å². The molecule has 2 atom stereocenters. The van der Waals surface area contributed by atoms with Crippen LogP contribution in [-0.4, -0.2) is 31.1 Å². The van der Waals surface area contributed by atoms with Crippen molar-refractivity contribution in [1.82, 2.24) is 5.32 Å². The maximum absolute atomic E-state index is 13.7. The number of thiophene rings is 1. The smallest absolute Gasteiger partial charge is 0.336 e. The third-order valence-electron chi connectivity index (χ3n) is 6.78. The summed E-state index contributed by atoms with van der Waals surface area (Å²) in [5.74, 6) is -1.52. The highest BCUT2D eigenvalue weighted by atomic mass is 32.1. The van der Waals surface area contributed by atoms with Crippen molar-refractivity contribution in [2.24, 2.45) is 0 Å². The van der Waals surface area contributed by atoms with Gasteiger partial charge in [0, 0.05) is 39.7 Å². The molecule has 0 bridgehead atoms. The Balaban J connectivity index is 1.58. The molecule has 1 N–H and O–H groups in total. The molecule has 0 spiro atoms. The van der Waals surface area contributed by atoms with E-state index in [4.69, 9.17) is 13.9 Å². The molecule has 0 saturated heterocycles. The van der Waals surface area contributed by atoms with Crippen molar-refractivity contribution < 1.29 is 23.5 Å². The van der Waals surface area contributed by atoms with E-state index in [1.807, 2.05) is 31.4 Å². The minimum absolute atomic E-state index is 0.00912. The van der Waals surface area contributed by atoms with E-state index in [-0.39, 0.29) is 47.6 Å². The Morgan fingerprint density at radius 2 is 1.95 bits per heavy atom. The summed E-state index contributed by atoms with van der Waals surface area (Å²) in [6.07, 6.45) is 2.31. The Hall–Kier alpha value is -3.49. The van der Waals surface area contributed by atoms with Crippen molar-refractivity contribution in [3.8, 4) is 0 Å². The number of esters is 1. The average molecular weight is 520 g/mol. The first kappa shape index (κ1) is 25.2. The maximum Gasteiger partial charge on any atom is 0.336 e. The number of carbonyl (C=O) groups excluding carboxylic acids is 2. The highest BCUT2D eigenvalue weighted by Crippen LogP contribution is 2.45. The minimum Gasteiger partial charge on any atom is -0.464 e. The fourth-order valence-electron chi connectivity index (χ4n) is 5.13. The Bertz CT molecular complexity index is 1460. The normalized spacial score (nSPS) is 19.8. The summed E-state index contributed by atoms with van der Waals surface area (Å²) >= 11 is 1.63. The van der Waals surface area contributed by atoms with Crippen LogP contribution >= 0.6 is 11.3 Å². The molecule has 2 aliphatic rings. The number of nitrogens with one attached hydrogen (secondary N) is 1. The molecule has 1 aliphatic heterocycles. The van der Waals surface area contributed by atoms with Gasteiger partial charge in [-0.15, -0.1) is 11.3 Å². The molecule has 7 nitrogen and oxygen atoms in total. The van der Waals surface area contributed by atoms with E-state index >= 15 is 0 Å². The van der Waals surface area contributed by atoms with Gasteiger partial charge in [0.1, 0.15) is 12.2 Å². The molecular formula is C29H29NO6S. The zero-order chi connectivity index (χ0) is 26.1. The molecule has 3 aromatic rings. The van der Waals surface area contributed by atoms with Crippen LogP contribution in [0, 0.1) is 0 Å². The third kappa shape index (κ3) is 4.91. The minimum atomic E-state index is -0.882. The number of hydrogen-bond acceptors (Lipinski definition) is 8. The molecule has 2 aromatic heterocycles. The SMILES string of the molecule is CC1=C(C(=O)OCCOC(C)C)[C@@H](c2coc3ccccc3c2=O)C2=C(C[C@H](c3cccs3)CC2=O)N1. The number of carbonyl (C=O) groups is 2. The predicted molar refractivity (Wildman–Crippen MR) is 141 cm³/mol. The Kier molecular flexibility index (Phi) is 7.13. The van der Waals surface area contributed by atoms with Crippen LogP contribution in [-0.2, 0) is 19.1 Å². The molecule has 0 radical (unpaired) electrons. The van der Waals surface area contributed by atoms with Crippen molar-refractivity contribution >= 4 is 34.1 Å². The summed E-state index contributed by atoms with van der Waals surface area (Å²) in [6.45, 7) is 5.90. The van der Waals surface area contributed by atoms with E-state index < -0.39 is 11.9 Å². The van der Waals surface area contributed by atoms with Gasteiger partial charge in [-0.1, -0.05) is 18.2 Å². The van der Waals surface area contributed by atoms with Crippen molar-refractivity contribution in [1.29, 1.82) is 0 Å². The fourth-order valence-corrected chi connectivity index (χ4v) is 5.96. The van der Waals surface area contributed by atoms with Crippen LogP contribution in [0.2, 0.25) is 0 Å². The lowest BCUT2D eigenvalue weighted by Crippen LogP contribution is -2.37. The summed E-state index contributed by atoms with van der Waals surface area (Å²) in [7, 11) is 0. The molecule has 1 aromatic carbocycles. The molecule has 192 valence electrons. The van der Waals surface area contributed by atoms with Gasteiger partial charge in [0.2, 0.25) is 0 Å². The number of dihydropyridines is 1. The summed E-state index contributed by atoms with van der Waals surface area (Å²) in [5, 5.41) is 5.72. The molecule has 0 unspecified atom stereocenters. The number of Topliss-reactive ketones (excluding diaryl/α,β-unsaturated/α-hetero) is 1. The van der Waals surface area contributed by atoms with Crippen molar-refractivity contribution in [2.75, 3.05) is 13.2 Å². The molecule has 8 heteroatoms. The van der Waals surface area contributed by atoms with Crippen LogP contribution in [0.25, 0.3) is 11.0 Å². The zero-order valence-electron chi connectivity index (χ0n) is 21.0. The fraction of sp³-hybridized carbons (Fsp3) is 0.345. The third-order valence-corrected chi connectivity index (χ3v) is 7.81. The highest BCUT2D eigenvalue weighted by Gasteiger charge is 2.43. The van der Waals surface area contributed by atoms with E-state index in [9.17, 15) is 14.4 Å². The number of benzene rings is 1. The standard InChI is InChI=1S/C29H29NO6S/c1-16(2)34-10-11-35-29(33)25-17(3)30-21-13-18(24-9-6-12-37-24)14-22(31)27(21)26(25)20-15-36-23-8-5-4-7-19(23)28(20)32/h4-9,12,15-16,18,26,30H,10-11,13-14H2,1-3H3/t18-,26+/m0/s1. The quantitative estimate of drug-likeness (QED) is 0.339. The van der Waals surface area contributed by atoms with Gasteiger partial charge in [0.05, 0.1) is 35.9 Å². The van der Waals surface area contributed by atoms with Gasteiger partial charge in [0.25, 0.3) is 0 Å². The van der Waals surface area contributed by atoms with Gasteiger partial charge in [-0.25, -0.2) is 4.79 Å². The summed E-state index contributed by atoms with van der Waals surface area (Å²) < 4.78 is 16.9. The molecule has 5 rings (SSSR count). The van der Waals surface area contributed by atoms with Gasteiger partial charge < -0.3 is 19.2 Å². The average Bonchev–Trinajstić information content (AvgIpc) is 3.41. The number of rotatable bonds is 7.